The molecule has 102 valence electrons. The number of nitrogen functional groups attached to an aromatic ring is 1. The van der Waals surface area contributed by atoms with Crippen LogP contribution in [0.25, 0.3) is 4.96 Å². The van der Waals surface area contributed by atoms with E-state index < -0.39 is 0 Å². The van der Waals surface area contributed by atoms with E-state index in [1.165, 1.54) is 21.9 Å². The van der Waals surface area contributed by atoms with Crippen LogP contribution in [0.3, 0.4) is 0 Å². The highest BCUT2D eigenvalue weighted by molar-refractivity contribution is 7.98. The summed E-state index contributed by atoms with van der Waals surface area (Å²) in [6, 6.07) is 9.19. The number of hydrogen-bond donors (Lipinski definition) is 1. The average molecular weight is 304 g/mol. The number of anilines is 1. The Morgan fingerprint density at radius 1 is 1.40 bits per heavy atom. The second-order valence-electron chi connectivity index (χ2n) is 4.29. The van der Waals surface area contributed by atoms with Crippen LogP contribution in [-0.4, -0.2) is 14.6 Å². The molecule has 0 aliphatic rings. The summed E-state index contributed by atoms with van der Waals surface area (Å²) in [5.41, 5.74) is 7.07. The summed E-state index contributed by atoms with van der Waals surface area (Å²) in [6.07, 6.45) is 0. The first kappa shape index (κ1) is 13.1. The molecule has 20 heavy (non-hydrogen) atoms. The van der Waals surface area contributed by atoms with Gasteiger partial charge >= 0.3 is 0 Å². The Labute approximate surface area is 123 Å². The molecule has 0 fully saturated rings. The van der Waals surface area contributed by atoms with Crippen LogP contribution < -0.4 is 11.3 Å². The second kappa shape index (κ2) is 5.26. The fourth-order valence-corrected chi connectivity index (χ4v) is 3.66. The van der Waals surface area contributed by atoms with Gasteiger partial charge in [0.2, 0.25) is 4.96 Å². The lowest BCUT2D eigenvalue weighted by molar-refractivity contribution is 0.870. The van der Waals surface area contributed by atoms with Crippen molar-refractivity contribution in [3.05, 3.63) is 51.4 Å². The van der Waals surface area contributed by atoms with Gasteiger partial charge in [-0.1, -0.05) is 17.4 Å². The summed E-state index contributed by atoms with van der Waals surface area (Å²) < 4.78 is 1.35. The number of rotatable bonds is 3. The number of nitrogens with zero attached hydrogens (tertiary/aromatic N) is 3. The summed E-state index contributed by atoms with van der Waals surface area (Å²) in [6.45, 7) is 1.81. The second-order valence-corrected chi connectivity index (χ2v) is 6.38. The van der Waals surface area contributed by atoms with Crippen molar-refractivity contribution in [1.29, 1.82) is 0 Å². The molecule has 0 radical (unpaired) electrons. The summed E-state index contributed by atoms with van der Waals surface area (Å²) in [5, 5.41) is 5.17. The van der Waals surface area contributed by atoms with Gasteiger partial charge in [0.05, 0.1) is 5.75 Å². The molecule has 3 rings (SSSR count). The highest BCUT2D eigenvalue weighted by Crippen LogP contribution is 2.25. The highest BCUT2D eigenvalue weighted by Gasteiger charge is 2.08. The van der Waals surface area contributed by atoms with Crippen LogP contribution in [0.1, 0.15) is 10.7 Å². The third-order valence-corrected chi connectivity index (χ3v) is 4.73. The minimum absolute atomic E-state index is 0.135. The predicted molar refractivity (Wildman–Crippen MR) is 82.3 cm³/mol. The summed E-state index contributed by atoms with van der Waals surface area (Å²) in [7, 11) is 0. The van der Waals surface area contributed by atoms with Gasteiger partial charge in [0, 0.05) is 22.3 Å². The molecule has 0 aliphatic heterocycles. The van der Waals surface area contributed by atoms with Crippen LogP contribution in [-0.2, 0) is 5.75 Å². The standard InChI is InChI=1S/C13H12N4OS2/c1-8-5-12(18)17-13(15-8)20-11(16-17)7-19-10-4-2-3-9(14)6-10/h2-6H,7,14H2,1H3. The van der Waals surface area contributed by atoms with E-state index in [4.69, 9.17) is 5.73 Å². The molecule has 0 spiro atoms. The molecule has 0 amide bonds. The lowest BCUT2D eigenvalue weighted by Crippen LogP contribution is -2.14. The predicted octanol–water partition coefficient (Wildman–Crippen LogP) is 2.33. The highest BCUT2D eigenvalue weighted by atomic mass is 32.2. The van der Waals surface area contributed by atoms with Crippen LogP contribution in [0.2, 0.25) is 0 Å². The van der Waals surface area contributed by atoms with E-state index >= 15 is 0 Å². The molecule has 2 aromatic heterocycles. The van der Waals surface area contributed by atoms with Crippen molar-refractivity contribution < 1.29 is 0 Å². The quantitative estimate of drug-likeness (QED) is 0.594. The number of hydrogen-bond acceptors (Lipinski definition) is 6. The molecule has 0 atom stereocenters. The summed E-state index contributed by atoms with van der Waals surface area (Å²) >= 11 is 3.08. The van der Waals surface area contributed by atoms with Crippen molar-refractivity contribution in [1.82, 2.24) is 14.6 Å². The zero-order chi connectivity index (χ0) is 14.1. The van der Waals surface area contributed by atoms with Crippen LogP contribution in [0.4, 0.5) is 5.69 Å². The van der Waals surface area contributed by atoms with E-state index in [9.17, 15) is 4.79 Å². The minimum Gasteiger partial charge on any atom is -0.399 e. The largest absolute Gasteiger partial charge is 0.399 e. The Bertz CT molecular complexity index is 825. The molecular formula is C13H12N4OS2. The fourth-order valence-electron chi connectivity index (χ4n) is 1.77. The van der Waals surface area contributed by atoms with Crippen molar-refractivity contribution in [2.24, 2.45) is 0 Å². The molecule has 2 N–H and O–H groups in total. The normalized spacial score (nSPS) is 11.1. The average Bonchev–Trinajstić information content (AvgIpc) is 2.80. The number of aryl methyl sites for hydroxylation is 1. The SMILES string of the molecule is Cc1cc(=O)n2nc(CSc3cccc(N)c3)sc2n1. The van der Waals surface area contributed by atoms with Crippen molar-refractivity contribution >= 4 is 33.7 Å². The summed E-state index contributed by atoms with van der Waals surface area (Å²) in [5.74, 6) is 0.690. The summed E-state index contributed by atoms with van der Waals surface area (Å²) in [4.78, 5) is 17.8. The zero-order valence-corrected chi connectivity index (χ0v) is 12.4. The van der Waals surface area contributed by atoms with Crippen molar-refractivity contribution in [2.45, 2.75) is 17.6 Å². The van der Waals surface area contributed by atoms with E-state index in [1.807, 2.05) is 31.2 Å². The molecule has 2 heterocycles. The van der Waals surface area contributed by atoms with Crippen molar-refractivity contribution in [2.75, 3.05) is 5.73 Å². The Morgan fingerprint density at radius 3 is 3.05 bits per heavy atom. The van der Waals surface area contributed by atoms with Gasteiger partial charge in [-0.3, -0.25) is 4.79 Å². The van der Waals surface area contributed by atoms with Gasteiger partial charge in [-0.2, -0.15) is 9.61 Å². The third-order valence-electron chi connectivity index (χ3n) is 2.64. The van der Waals surface area contributed by atoms with E-state index in [2.05, 4.69) is 10.1 Å². The Hall–Kier alpha value is -1.86. The molecule has 5 nitrogen and oxygen atoms in total. The van der Waals surface area contributed by atoms with Crippen LogP contribution in [0.15, 0.2) is 40.0 Å². The van der Waals surface area contributed by atoms with Gasteiger partial charge in [0.1, 0.15) is 5.01 Å². The zero-order valence-electron chi connectivity index (χ0n) is 10.7. The minimum atomic E-state index is -0.135. The van der Waals surface area contributed by atoms with Crippen molar-refractivity contribution in [3.63, 3.8) is 0 Å². The lowest BCUT2D eigenvalue weighted by Gasteiger charge is -1.99. The number of nitrogens with two attached hydrogens (primary N) is 1. The molecule has 0 unspecified atom stereocenters. The van der Waals surface area contributed by atoms with Gasteiger partial charge in [-0.05, 0) is 25.1 Å². The number of fused-ring (bicyclic) bond motifs is 1. The third kappa shape index (κ3) is 2.68. The van der Waals surface area contributed by atoms with E-state index in [1.54, 1.807) is 11.8 Å². The molecule has 7 heteroatoms. The molecule has 3 aromatic rings. The van der Waals surface area contributed by atoms with Gasteiger partial charge < -0.3 is 5.73 Å². The Morgan fingerprint density at radius 2 is 2.25 bits per heavy atom. The first-order valence-corrected chi connectivity index (χ1v) is 7.77. The molecule has 0 bridgehead atoms. The van der Waals surface area contributed by atoms with Gasteiger partial charge in [-0.25, -0.2) is 4.98 Å². The maximum absolute atomic E-state index is 11.8. The molecule has 0 aliphatic carbocycles. The molecule has 1 aromatic carbocycles. The first-order valence-electron chi connectivity index (χ1n) is 5.96. The fraction of sp³-hybridized carbons (Fsp3) is 0.154. The van der Waals surface area contributed by atoms with E-state index in [-0.39, 0.29) is 5.56 Å². The smallest absolute Gasteiger partial charge is 0.275 e. The van der Waals surface area contributed by atoms with Gasteiger partial charge in [0.15, 0.2) is 0 Å². The van der Waals surface area contributed by atoms with E-state index in [0.717, 1.165) is 15.6 Å². The van der Waals surface area contributed by atoms with Gasteiger partial charge in [0.25, 0.3) is 5.56 Å². The van der Waals surface area contributed by atoms with Crippen LogP contribution >= 0.6 is 23.1 Å². The number of aromatic nitrogens is 3. The Balaban J connectivity index is 1.85. The number of benzene rings is 1. The maximum atomic E-state index is 11.8. The number of thioether (sulfide) groups is 1. The monoisotopic (exact) mass is 304 g/mol. The van der Waals surface area contributed by atoms with E-state index in [0.29, 0.717) is 16.4 Å². The molecule has 0 saturated carbocycles. The molecule has 0 saturated heterocycles. The van der Waals surface area contributed by atoms with Crippen molar-refractivity contribution in [3.8, 4) is 0 Å². The molecular weight excluding hydrogens is 292 g/mol. The van der Waals surface area contributed by atoms with Crippen LogP contribution in [0.5, 0.6) is 0 Å². The first-order chi connectivity index (χ1) is 9.61. The topological polar surface area (TPSA) is 73.3 Å². The van der Waals surface area contributed by atoms with Crippen LogP contribution in [0, 0.1) is 6.92 Å². The lowest BCUT2D eigenvalue weighted by atomic mass is 10.3. The van der Waals surface area contributed by atoms with Gasteiger partial charge in [-0.15, -0.1) is 11.8 Å². The Kier molecular flexibility index (Phi) is 3.45. The maximum Gasteiger partial charge on any atom is 0.275 e.